The fourth-order valence-electron chi connectivity index (χ4n) is 3.23. The number of nitrogen functional groups attached to an aromatic ring is 1. The number of rotatable bonds is 3. The lowest BCUT2D eigenvalue weighted by molar-refractivity contribution is 0.0899. The predicted molar refractivity (Wildman–Crippen MR) is 88.6 cm³/mol. The first-order valence-corrected chi connectivity index (χ1v) is 7.76. The highest BCUT2D eigenvalue weighted by atomic mass is 16.1. The highest BCUT2D eigenvalue weighted by molar-refractivity contribution is 5.96. The molecule has 1 fully saturated rings. The summed E-state index contributed by atoms with van der Waals surface area (Å²) in [6.45, 7) is 4.51. The maximum atomic E-state index is 12.4. The third-order valence-electron chi connectivity index (χ3n) is 4.52. The van der Waals surface area contributed by atoms with E-state index in [1.165, 1.54) is 12.8 Å². The molecule has 1 aliphatic carbocycles. The van der Waals surface area contributed by atoms with Gasteiger partial charge in [-0.05, 0) is 49.3 Å². The molecule has 0 saturated heterocycles. The second kappa shape index (κ2) is 6.37. The number of nitrogens with two attached hydrogens (primary N) is 1. The highest BCUT2D eigenvalue weighted by Gasteiger charge is 2.26. The minimum Gasteiger partial charge on any atom is -0.397 e. The van der Waals surface area contributed by atoms with Crippen LogP contribution in [0.5, 0.6) is 0 Å². The van der Waals surface area contributed by atoms with Crippen LogP contribution in [0.25, 0.3) is 0 Å². The number of carbonyl (C=O) groups excluding carboxylic acids is 1. The molecular weight excluding hydrogens is 262 g/mol. The van der Waals surface area contributed by atoms with Crippen LogP contribution in [0.3, 0.4) is 0 Å². The van der Waals surface area contributed by atoms with Gasteiger partial charge < -0.3 is 16.0 Å². The van der Waals surface area contributed by atoms with Gasteiger partial charge in [-0.15, -0.1) is 0 Å². The standard InChI is InChI=1S/C17H27N3O/c1-11-5-7-15(12(2)9-11)19-17(21)13-6-8-16(20(3)4)14(18)10-13/h6,8,10-12,15H,5,7,9,18H2,1-4H3,(H,19,21). The Morgan fingerprint density at radius 2 is 2.00 bits per heavy atom. The van der Waals surface area contributed by atoms with E-state index in [-0.39, 0.29) is 11.9 Å². The van der Waals surface area contributed by atoms with Gasteiger partial charge in [0.1, 0.15) is 0 Å². The van der Waals surface area contributed by atoms with Crippen LogP contribution in [0.15, 0.2) is 18.2 Å². The van der Waals surface area contributed by atoms with Crippen LogP contribution >= 0.6 is 0 Å². The lowest BCUT2D eigenvalue weighted by atomic mass is 9.80. The average molecular weight is 289 g/mol. The number of nitrogens with zero attached hydrogens (tertiary/aromatic N) is 1. The van der Waals surface area contributed by atoms with E-state index in [1.807, 2.05) is 31.1 Å². The minimum atomic E-state index is -0.0154. The summed E-state index contributed by atoms with van der Waals surface area (Å²) in [5.41, 5.74) is 8.23. The molecule has 1 aromatic rings. The molecule has 0 radical (unpaired) electrons. The van der Waals surface area contributed by atoms with Gasteiger partial charge in [0.2, 0.25) is 0 Å². The maximum absolute atomic E-state index is 12.4. The molecule has 0 aliphatic heterocycles. The van der Waals surface area contributed by atoms with E-state index in [0.29, 0.717) is 17.2 Å². The van der Waals surface area contributed by atoms with Crippen molar-refractivity contribution in [3.63, 3.8) is 0 Å². The van der Waals surface area contributed by atoms with E-state index in [2.05, 4.69) is 19.2 Å². The SMILES string of the molecule is CC1CCC(NC(=O)c2ccc(N(C)C)c(N)c2)C(C)C1. The normalized spacial score (nSPS) is 25.4. The first-order valence-electron chi connectivity index (χ1n) is 7.76. The van der Waals surface area contributed by atoms with Crippen LogP contribution in [0.4, 0.5) is 11.4 Å². The molecule has 1 aromatic carbocycles. The molecule has 1 saturated carbocycles. The van der Waals surface area contributed by atoms with E-state index in [4.69, 9.17) is 5.73 Å². The molecule has 0 bridgehead atoms. The molecule has 4 heteroatoms. The molecule has 0 heterocycles. The summed E-state index contributed by atoms with van der Waals surface area (Å²) >= 11 is 0. The Morgan fingerprint density at radius 3 is 2.57 bits per heavy atom. The molecule has 21 heavy (non-hydrogen) atoms. The van der Waals surface area contributed by atoms with Crippen molar-refractivity contribution in [2.45, 2.75) is 39.2 Å². The average Bonchev–Trinajstić information content (AvgIpc) is 2.41. The van der Waals surface area contributed by atoms with Crippen LogP contribution in [-0.2, 0) is 0 Å². The Balaban J connectivity index is 2.05. The number of hydrogen-bond donors (Lipinski definition) is 2. The number of amides is 1. The summed E-state index contributed by atoms with van der Waals surface area (Å²) < 4.78 is 0. The smallest absolute Gasteiger partial charge is 0.251 e. The molecule has 0 aromatic heterocycles. The van der Waals surface area contributed by atoms with Gasteiger partial charge in [-0.3, -0.25) is 4.79 Å². The number of carbonyl (C=O) groups is 1. The van der Waals surface area contributed by atoms with Crippen molar-refractivity contribution < 1.29 is 4.79 Å². The van der Waals surface area contributed by atoms with E-state index in [0.717, 1.165) is 18.0 Å². The number of benzene rings is 1. The zero-order chi connectivity index (χ0) is 15.6. The van der Waals surface area contributed by atoms with E-state index in [1.54, 1.807) is 6.07 Å². The fourth-order valence-corrected chi connectivity index (χ4v) is 3.23. The molecule has 3 atom stereocenters. The first kappa shape index (κ1) is 15.7. The summed E-state index contributed by atoms with van der Waals surface area (Å²) in [5, 5.41) is 3.17. The maximum Gasteiger partial charge on any atom is 0.251 e. The second-order valence-electron chi connectivity index (χ2n) is 6.64. The molecule has 116 valence electrons. The summed E-state index contributed by atoms with van der Waals surface area (Å²) in [7, 11) is 3.88. The molecular formula is C17H27N3O. The molecule has 3 unspecified atom stereocenters. The largest absolute Gasteiger partial charge is 0.397 e. The van der Waals surface area contributed by atoms with Gasteiger partial charge in [-0.25, -0.2) is 0 Å². The van der Waals surface area contributed by atoms with Crippen molar-refractivity contribution in [2.24, 2.45) is 11.8 Å². The molecule has 2 rings (SSSR count). The highest BCUT2D eigenvalue weighted by Crippen LogP contribution is 2.29. The number of hydrogen-bond acceptors (Lipinski definition) is 3. The zero-order valence-electron chi connectivity index (χ0n) is 13.5. The van der Waals surface area contributed by atoms with Crippen molar-refractivity contribution in [2.75, 3.05) is 24.7 Å². The number of nitrogens with one attached hydrogen (secondary N) is 1. The summed E-state index contributed by atoms with van der Waals surface area (Å²) in [5.74, 6) is 1.29. The first-order chi connectivity index (χ1) is 9.88. The monoisotopic (exact) mass is 289 g/mol. The molecule has 1 aliphatic rings. The van der Waals surface area contributed by atoms with Gasteiger partial charge >= 0.3 is 0 Å². The predicted octanol–water partition coefficient (Wildman–Crippen LogP) is 2.89. The number of anilines is 2. The van der Waals surface area contributed by atoms with Crippen LogP contribution in [0, 0.1) is 11.8 Å². The molecule has 0 spiro atoms. The van der Waals surface area contributed by atoms with E-state index in [9.17, 15) is 4.79 Å². The quantitative estimate of drug-likeness (QED) is 0.841. The van der Waals surface area contributed by atoms with Crippen LogP contribution in [-0.4, -0.2) is 26.0 Å². The van der Waals surface area contributed by atoms with Crippen molar-refractivity contribution >= 4 is 17.3 Å². The summed E-state index contributed by atoms with van der Waals surface area (Å²) in [6.07, 6.45) is 3.45. The van der Waals surface area contributed by atoms with Crippen molar-refractivity contribution in [1.29, 1.82) is 0 Å². The van der Waals surface area contributed by atoms with Gasteiger partial charge in [-0.2, -0.15) is 0 Å². The van der Waals surface area contributed by atoms with Crippen molar-refractivity contribution in [3.8, 4) is 0 Å². The molecule has 4 nitrogen and oxygen atoms in total. The van der Waals surface area contributed by atoms with Crippen molar-refractivity contribution in [3.05, 3.63) is 23.8 Å². The summed E-state index contributed by atoms with van der Waals surface area (Å²) in [4.78, 5) is 14.3. The van der Waals surface area contributed by atoms with Crippen LogP contribution in [0.1, 0.15) is 43.5 Å². The Kier molecular flexibility index (Phi) is 4.76. The third-order valence-corrected chi connectivity index (χ3v) is 4.52. The molecule has 1 amide bonds. The minimum absolute atomic E-state index is 0.0154. The second-order valence-corrected chi connectivity index (χ2v) is 6.64. The Bertz CT molecular complexity index is 513. The Morgan fingerprint density at radius 1 is 1.29 bits per heavy atom. The van der Waals surface area contributed by atoms with Gasteiger partial charge in [-0.1, -0.05) is 13.8 Å². The van der Waals surface area contributed by atoms with Gasteiger partial charge in [0, 0.05) is 25.7 Å². The van der Waals surface area contributed by atoms with E-state index < -0.39 is 0 Å². The lowest BCUT2D eigenvalue weighted by Crippen LogP contribution is -2.42. The van der Waals surface area contributed by atoms with E-state index >= 15 is 0 Å². The van der Waals surface area contributed by atoms with Gasteiger partial charge in [0.15, 0.2) is 0 Å². The van der Waals surface area contributed by atoms with Crippen molar-refractivity contribution in [1.82, 2.24) is 5.32 Å². The third kappa shape index (κ3) is 3.69. The summed E-state index contributed by atoms with van der Waals surface area (Å²) in [6, 6.07) is 5.79. The zero-order valence-corrected chi connectivity index (χ0v) is 13.5. The van der Waals surface area contributed by atoms with Crippen LogP contribution < -0.4 is 16.0 Å². The lowest BCUT2D eigenvalue weighted by Gasteiger charge is -2.33. The Hall–Kier alpha value is -1.71. The molecule has 3 N–H and O–H groups in total. The topological polar surface area (TPSA) is 58.4 Å². The fraction of sp³-hybridized carbons (Fsp3) is 0.588. The van der Waals surface area contributed by atoms with Gasteiger partial charge in [0.05, 0.1) is 11.4 Å². The Labute approximate surface area is 127 Å². The van der Waals surface area contributed by atoms with Crippen LogP contribution in [0.2, 0.25) is 0 Å². The van der Waals surface area contributed by atoms with Gasteiger partial charge in [0.25, 0.3) is 5.91 Å².